The van der Waals surface area contributed by atoms with Gasteiger partial charge in [0.1, 0.15) is 18.1 Å². The Morgan fingerprint density at radius 2 is 1.90 bits per heavy atom. The summed E-state index contributed by atoms with van der Waals surface area (Å²) in [5.74, 6) is 1.60. The second-order valence-corrected chi connectivity index (χ2v) is 9.98. The van der Waals surface area contributed by atoms with Crippen LogP contribution in [-0.4, -0.2) is 107 Å². The van der Waals surface area contributed by atoms with Crippen molar-refractivity contribution in [3.8, 4) is 5.88 Å². The second-order valence-electron chi connectivity index (χ2n) is 9.98. The molecule has 6 heterocycles. The number of rotatable bonds is 7. The van der Waals surface area contributed by atoms with Gasteiger partial charge in [-0.3, -0.25) is 15.5 Å². The number of aromatic nitrogens is 4. The molecule has 2 aromatic rings. The molecule has 210 valence electrons. The lowest BCUT2D eigenvalue weighted by Gasteiger charge is -2.43. The summed E-state index contributed by atoms with van der Waals surface area (Å²) >= 11 is 0. The number of hydrogen-bond donors (Lipinski definition) is 2. The van der Waals surface area contributed by atoms with Gasteiger partial charge in [0.05, 0.1) is 25.0 Å². The summed E-state index contributed by atoms with van der Waals surface area (Å²) in [6, 6.07) is 0.309. The zero-order valence-corrected chi connectivity index (χ0v) is 22.1. The van der Waals surface area contributed by atoms with E-state index in [1.807, 2.05) is 6.92 Å². The molecule has 13 nitrogen and oxygen atoms in total. The number of anilines is 3. The van der Waals surface area contributed by atoms with Crippen molar-refractivity contribution in [3.63, 3.8) is 0 Å². The van der Waals surface area contributed by atoms with Crippen molar-refractivity contribution in [2.75, 3.05) is 61.9 Å². The van der Waals surface area contributed by atoms with Gasteiger partial charge in [-0.05, 0) is 51.3 Å². The number of halogens is 1. The zero-order valence-electron chi connectivity index (χ0n) is 22.1. The van der Waals surface area contributed by atoms with Gasteiger partial charge in [0.25, 0.3) is 0 Å². The molecule has 4 aliphatic heterocycles. The maximum absolute atomic E-state index is 15.0. The van der Waals surface area contributed by atoms with Crippen LogP contribution in [0.15, 0.2) is 24.7 Å². The van der Waals surface area contributed by atoms with Gasteiger partial charge in [0.15, 0.2) is 5.82 Å². The number of ether oxygens (including phenoxy) is 2. The van der Waals surface area contributed by atoms with E-state index in [9.17, 15) is 14.0 Å². The minimum Gasteiger partial charge on any atom is -0.477 e. The molecule has 2 bridgehead atoms. The van der Waals surface area contributed by atoms with E-state index in [1.165, 1.54) is 30.5 Å². The molecular weight excluding hydrogens is 509 g/mol. The van der Waals surface area contributed by atoms with E-state index in [0.717, 1.165) is 32.5 Å². The molecule has 14 heteroatoms. The number of alkyl halides is 1. The van der Waals surface area contributed by atoms with Crippen LogP contribution in [0, 0.1) is 5.92 Å². The Bertz CT molecular complexity index is 1150. The minimum absolute atomic E-state index is 0.117. The summed E-state index contributed by atoms with van der Waals surface area (Å²) in [6.45, 7) is 5.70. The molecule has 0 radical (unpaired) electrons. The molecule has 0 unspecified atom stereocenters. The lowest BCUT2D eigenvalue weighted by Crippen LogP contribution is -2.55. The van der Waals surface area contributed by atoms with Crippen LogP contribution in [0.25, 0.3) is 0 Å². The molecular formula is C25H34FN9O4. The molecule has 3 atom stereocenters. The van der Waals surface area contributed by atoms with Crippen molar-refractivity contribution < 1.29 is 23.5 Å². The van der Waals surface area contributed by atoms with Gasteiger partial charge in [-0.25, -0.2) is 28.9 Å². The van der Waals surface area contributed by atoms with E-state index in [0.29, 0.717) is 36.7 Å². The van der Waals surface area contributed by atoms with Crippen molar-refractivity contribution in [3.05, 3.63) is 24.7 Å². The van der Waals surface area contributed by atoms with Gasteiger partial charge in [-0.15, -0.1) is 0 Å². The summed E-state index contributed by atoms with van der Waals surface area (Å²) in [7, 11) is 1.53. The molecule has 4 fully saturated rings. The minimum atomic E-state index is -1.23. The number of nitrogens with zero attached hydrogens (tertiary/aromatic N) is 7. The Morgan fingerprint density at radius 3 is 2.59 bits per heavy atom. The average Bonchev–Trinajstić information content (AvgIpc) is 2.95. The van der Waals surface area contributed by atoms with Crippen molar-refractivity contribution in [1.82, 2.24) is 29.7 Å². The highest BCUT2D eigenvalue weighted by molar-refractivity contribution is 5.88. The lowest BCUT2D eigenvalue weighted by molar-refractivity contribution is -0.0290. The first kappa shape index (κ1) is 26.8. The summed E-state index contributed by atoms with van der Waals surface area (Å²) < 4.78 is 25.9. The molecule has 0 saturated carbocycles. The smallest absolute Gasteiger partial charge is 0.413 e. The number of urea groups is 1. The number of carbonyl (C=O) groups excluding carboxylic acids is 2. The largest absolute Gasteiger partial charge is 0.477 e. The quantitative estimate of drug-likeness (QED) is 0.535. The molecule has 6 rings (SSSR count). The zero-order chi connectivity index (χ0) is 27.4. The van der Waals surface area contributed by atoms with Gasteiger partial charge < -0.3 is 19.3 Å². The van der Waals surface area contributed by atoms with Gasteiger partial charge in [-0.1, -0.05) is 0 Å². The molecule has 0 aliphatic carbocycles. The molecule has 4 aliphatic rings. The molecule has 0 spiro atoms. The Hall–Kier alpha value is -3.81. The fraction of sp³-hybridized carbons (Fsp3) is 0.600. The third-order valence-electron chi connectivity index (χ3n) is 7.48. The summed E-state index contributed by atoms with van der Waals surface area (Å²) in [4.78, 5) is 47.8. The van der Waals surface area contributed by atoms with Crippen molar-refractivity contribution in [2.24, 2.45) is 5.92 Å². The first-order valence-corrected chi connectivity index (χ1v) is 13.3. The van der Waals surface area contributed by atoms with E-state index in [1.54, 1.807) is 11.0 Å². The molecule has 4 saturated heterocycles. The number of amides is 3. The van der Waals surface area contributed by atoms with Crippen molar-refractivity contribution in [2.45, 2.75) is 44.5 Å². The van der Waals surface area contributed by atoms with Crippen LogP contribution < -0.4 is 20.3 Å². The Balaban J connectivity index is 1.17. The highest BCUT2D eigenvalue weighted by Crippen LogP contribution is 2.30. The molecule has 2 N–H and O–H groups in total. The van der Waals surface area contributed by atoms with Crippen LogP contribution in [0.2, 0.25) is 0 Å². The van der Waals surface area contributed by atoms with Gasteiger partial charge >= 0.3 is 12.1 Å². The van der Waals surface area contributed by atoms with Crippen LogP contribution in [-0.2, 0) is 4.74 Å². The van der Waals surface area contributed by atoms with Gasteiger partial charge in [0.2, 0.25) is 11.8 Å². The molecule has 2 aromatic heterocycles. The van der Waals surface area contributed by atoms with Crippen molar-refractivity contribution in [1.29, 1.82) is 0 Å². The van der Waals surface area contributed by atoms with Crippen LogP contribution in [0.3, 0.4) is 0 Å². The standard InChI is InChI=1S/C25H34FN9O4/c1-3-38-22-13-28-21(12-29-22)31-24(36)33(2)18-14-35(11-7-17(18)26)23-27-8-4-20(30-23)32-25(37)39-19-15-34-9-5-16(19)6-10-34/h4,8,12-13,16-19H,3,5-7,9-11,14-15H2,1-2H3,(H,28,31,36)(H,27,30,32,37)/t17-,18+,19+/m1/s1. The van der Waals surface area contributed by atoms with E-state index in [2.05, 4.69) is 35.5 Å². The monoisotopic (exact) mass is 543 g/mol. The fourth-order valence-electron chi connectivity index (χ4n) is 5.29. The molecule has 39 heavy (non-hydrogen) atoms. The Labute approximate surface area is 226 Å². The van der Waals surface area contributed by atoms with Crippen LogP contribution in [0.5, 0.6) is 5.88 Å². The van der Waals surface area contributed by atoms with E-state index < -0.39 is 24.3 Å². The average molecular weight is 544 g/mol. The summed E-state index contributed by atoms with van der Waals surface area (Å²) in [5.41, 5.74) is 0. The molecule has 3 amide bonds. The third kappa shape index (κ3) is 6.44. The number of fused-ring (bicyclic) bond motifs is 3. The summed E-state index contributed by atoms with van der Waals surface area (Å²) in [6.07, 6.45) is 4.69. The fourth-order valence-corrected chi connectivity index (χ4v) is 5.29. The normalized spacial score (nSPS) is 26.0. The van der Waals surface area contributed by atoms with Crippen LogP contribution in [0.4, 0.5) is 31.6 Å². The highest BCUT2D eigenvalue weighted by Gasteiger charge is 2.37. The third-order valence-corrected chi connectivity index (χ3v) is 7.48. The topological polar surface area (TPSA) is 138 Å². The lowest BCUT2D eigenvalue weighted by atomic mass is 9.86. The second kappa shape index (κ2) is 11.9. The number of nitrogens with one attached hydrogen (secondary N) is 2. The van der Waals surface area contributed by atoms with Gasteiger partial charge in [-0.2, -0.15) is 4.98 Å². The number of piperidine rings is 4. The van der Waals surface area contributed by atoms with Gasteiger partial charge in [0, 0.05) is 32.9 Å². The SMILES string of the molecule is CCOc1cnc(NC(=O)N(C)[C@H]2CN(c3nccc(NC(=O)O[C@H]4CN5CCC4CC5)n3)CC[C@H]2F)cn1. The number of carbonyl (C=O) groups is 2. The Morgan fingerprint density at radius 1 is 1.08 bits per heavy atom. The Kier molecular flexibility index (Phi) is 8.19. The predicted octanol–water partition coefficient (Wildman–Crippen LogP) is 2.39. The van der Waals surface area contributed by atoms with E-state index in [4.69, 9.17) is 9.47 Å². The maximum Gasteiger partial charge on any atom is 0.413 e. The predicted molar refractivity (Wildman–Crippen MR) is 141 cm³/mol. The first-order valence-electron chi connectivity index (χ1n) is 13.3. The highest BCUT2D eigenvalue weighted by atomic mass is 19.1. The van der Waals surface area contributed by atoms with E-state index >= 15 is 0 Å². The number of likely N-dealkylation sites (N-methyl/N-ethyl adjacent to an activating group) is 1. The number of hydrogen-bond acceptors (Lipinski definition) is 10. The maximum atomic E-state index is 15.0. The van der Waals surface area contributed by atoms with E-state index in [-0.39, 0.29) is 24.9 Å². The molecule has 0 aromatic carbocycles. The summed E-state index contributed by atoms with van der Waals surface area (Å²) in [5, 5.41) is 5.33. The van der Waals surface area contributed by atoms with Crippen LogP contribution in [0.1, 0.15) is 26.2 Å². The van der Waals surface area contributed by atoms with Crippen molar-refractivity contribution >= 4 is 29.7 Å². The van der Waals surface area contributed by atoms with Crippen LogP contribution >= 0.6 is 0 Å². The first-order chi connectivity index (χ1) is 18.9.